The monoisotopic (exact) mass is 425 g/mol. The van der Waals surface area contributed by atoms with Crippen molar-refractivity contribution in [3.63, 3.8) is 0 Å². The molecule has 31 heavy (non-hydrogen) atoms. The van der Waals surface area contributed by atoms with Crippen LogP contribution in [-0.4, -0.2) is 25.8 Å². The largest absolute Gasteiger partial charge is 0.243 e. The molecule has 3 aromatic rings. The predicted octanol–water partition coefficient (Wildman–Crippen LogP) is 5.56. The first-order valence-corrected chi connectivity index (χ1v) is 11.8. The molecule has 1 saturated heterocycles. The maximum atomic E-state index is 13.4. The summed E-state index contributed by atoms with van der Waals surface area (Å²) in [6, 6.07) is 25.4. The molecule has 0 radical (unpaired) electrons. The van der Waals surface area contributed by atoms with Gasteiger partial charge in [-0.25, -0.2) is 8.42 Å². The van der Waals surface area contributed by atoms with Gasteiger partial charge in [0.15, 0.2) is 0 Å². The van der Waals surface area contributed by atoms with E-state index in [-0.39, 0.29) is 0 Å². The normalized spacial score (nSPS) is 19.8. The molecule has 0 N–H and O–H groups in total. The van der Waals surface area contributed by atoms with Gasteiger partial charge in [-0.1, -0.05) is 90.5 Å². The van der Waals surface area contributed by atoms with Crippen LogP contribution in [0.15, 0.2) is 101 Å². The smallest absolute Gasteiger partial charge is 0.207 e. The topological polar surface area (TPSA) is 37.4 Å². The second-order valence-electron chi connectivity index (χ2n) is 7.98. The summed E-state index contributed by atoms with van der Waals surface area (Å²) >= 11 is 0. The molecule has 4 heteroatoms. The Morgan fingerprint density at radius 1 is 0.806 bits per heavy atom. The molecule has 0 spiro atoms. The minimum atomic E-state index is -3.59. The Morgan fingerprint density at radius 3 is 2.29 bits per heavy atom. The first-order valence-electron chi connectivity index (χ1n) is 10.4. The van der Waals surface area contributed by atoms with Gasteiger partial charge < -0.3 is 0 Å². The van der Waals surface area contributed by atoms with Gasteiger partial charge in [0.2, 0.25) is 10.0 Å². The van der Waals surface area contributed by atoms with Crippen LogP contribution in [0.5, 0.6) is 0 Å². The second-order valence-corrected chi connectivity index (χ2v) is 9.92. The molecule has 0 unspecified atom stereocenters. The predicted molar refractivity (Wildman–Crippen MR) is 127 cm³/mol. The summed E-state index contributed by atoms with van der Waals surface area (Å²) in [4.78, 5) is 0.339. The molecule has 0 saturated carbocycles. The van der Waals surface area contributed by atoms with E-state index in [2.05, 4.69) is 30.4 Å². The standard InChI is InChI=1S/C27H23NO2S/c1-20-11-14-24(15-12-20)31(29,30)28-18-23(17-21-7-3-2-4-8-21)27(19-28)26-16-13-22-9-5-6-10-25(22)26/h2-17H,18-19H2,1H3/b23-17+,27-26+. The number of sulfonamides is 1. The zero-order valence-electron chi connectivity index (χ0n) is 17.3. The Balaban J connectivity index is 1.61. The highest BCUT2D eigenvalue weighted by Crippen LogP contribution is 2.39. The molecule has 5 rings (SSSR count). The van der Waals surface area contributed by atoms with E-state index in [1.54, 1.807) is 16.4 Å². The zero-order chi connectivity index (χ0) is 21.4. The Bertz CT molecular complexity index is 1330. The Hall–Kier alpha value is -3.21. The molecular formula is C27H23NO2S. The Kier molecular flexibility index (Phi) is 4.97. The maximum Gasteiger partial charge on any atom is 0.243 e. The number of hydrogen-bond donors (Lipinski definition) is 0. The molecule has 1 aliphatic carbocycles. The Labute approximate surface area is 183 Å². The number of aryl methyl sites for hydroxylation is 1. The summed E-state index contributed by atoms with van der Waals surface area (Å²) in [7, 11) is -3.59. The van der Waals surface area contributed by atoms with Crippen LogP contribution in [0.4, 0.5) is 0 Å². The van der Waals surface area contributed by atoms with Gasteiger partial charge in [0.1, 0.15) is 0 Å². The van der Waals surface area contributed by atoms with Crippen LogP contribution >= 0.6 is 0 Å². The van der Waals surface area contributed by atoms with E-state index in [0.29, 0.717) is 18.0 Å². The molecule has 0 bridgehead atoms. The minimum Gasteiger partial charge on any atom is -0.207 e. The fourth-order valence-electron chi connectivity index (χ4n) is 4.20. The summed E-state index contributed by atoms with van der Waals surface area (Å²) in [6.45, 7) is 2.68. The van der Waals surface area contributed by atoms with Crippen LogP contribution in [0.2, 0.25) is 0 Å². The molecule has 1 aliphatic heterocycles. The first-order chi connectivity index (χ1) is 15.0. The number of nitrogens with zero attached hydrogens (tertiary/aromatic N) is 1. The van der Waals surface area contributed by atoms with Crippen molar-refractivity contribution >= 4 is 27.7 Å². The number of hydrogen-bond acceptors (Lipinski definition) is 2. The third-order valence-electron chi connectivity index (χ3n) is 5.87. The lowest BCUT2D eigenvalue weighted by molar-refractivity contribution is 0.489. The van der Waals surface area contributed by atoms with Crippen LogP contribution in [-0.2, 0) is 10.0 Å². The number of rotatable bonds is 3. The maximum absolute atomic E-state index is 13.4. The molecule has 3 nitrogen and oxygen atoms in total. The van der Waals surface area contributed by atoms with E-state index in [0.717, 1.165) is 33.4 Å². The van der Waals surface area contributed by atoms with Gasteiger partial charge in [0, 0.05) is 13.1 Å². The van der Waals surface area contributed by atoms with Gasteiger partial charge in [-0.05, 0) is 52.5 Å². The molecule has 0 amide bonds. The molecule has 3 aromatic carbocycles. The third-order valence-corrected chi connectivity index (χ3v) is 7.68. The molecule has 2 aliphatic rings. The highest BCUT2D eigenvalue weighted by atomic mass is 32.2. The van der Waals surface area contributed by atoms with Gasteiger partial charge in [0.25, 0.3) is 0 Å². The third kappa shape index (κ3) is 3.69. The fourth-order valence-corrected chi connectivity index (χ4v) is 5.59. The van der Waals surface area contributed by atoms with Crippen LogP contribution in [0.3, 0.4) is 0 Å². The molecule has 0 atom stereocenters. The lowest BCUT2D eigenvalue weighted by Gasteiger charge is -2.15. The van der Waals surface area contributed by atoms with Crippen molar-refractivity contribution in [1.82, 2.24) is 4.31 Å². The van der Waals surface area contributed by atoms with Crippen molar-refractivity contribution in [2.45, 2.75) is 11.8 Å². The molecule has 1 heterocycles. The number of benzene rings is 3. The van der Waals surface area contributed by atoms with Gasteiger partial charge >= 0.3 is 0 Å². The SMILES string of the molecule is Cc1ccc(S(=O)(=O)N2CC(=C\c3ccccc3)/C(=C3\C=Cc4ccccc43)C2)cc1. The highest BCUT2D eigenvalue weighted by molar-refractivity contribution is 7.89. The average molecular weight is 426 g/mol. The fraction of sp³-hybridized carbons (Fsp3) is 0.111. The van der Waals surface area contributed by atoms with Crippen LogP contribution in [0.25, 0.3) is 17.7 Å². The summed E-state index contributed by atoms with van der Waals surface area (Å²) < 4.78 is 28.4. The van der Waals surface area contributed by atoms with Crippen LogP contribution in [0.1, 0.15) is 22.3 Å². The average Bonchev–Trinajstić information content (AvgIpc) is 3.39. The van der Waals surface area contributed by atoms with E-state index in [9.17, 15) is 8.42 Å². The van der Waals surface area contributed by atoms with Crippen molar-refractivity contribution < 1.29 is 8.42 Å². The molecule has 0 aromatic heterocycles. The highest BCUT2D eigenvalue weighted by Gasteiger charge is 2.34. The van der Waals surface area contributed by atoms with Crippen molar-refractivity contribution in [1.29, 1.82) is 0 Å². The van der Waals surface area contributed by atoms with Crippen molar-refractivity contribution in [3.8, 4) is 0 Å². The van der Waals surface area contributed by atoms with Crippen LogP contribution in [0, 0.1) is 6.92 Å². The van der Waals surface area contributed by atoms with E-state index in [1.807, 2.05) is 61.5 Å². The van der Waals surface area contributed by atoms with E-state index >= 15 is 0 Å². The van der Waals surface area contributed by atoms with Crippen molar-refractivity contribution in [3.05, 3.63) is 118 Å². The lowest BCUT2D eigenvalue weighted by atomic mass is 9.96. The van der Waals surface area contributed by atoms with Gasteiger partial charge in [-0.15, -0.1) is 0 Å². The zero-order valence-corrected chi connectivity index (χ0v) is 18.1. The van der Waals surface area contributed by atoms with E-state index in [1.165, 1.54) is 5.56 Å². The van der Waals surface area contributed by atoms with Gasteiger partial charge in [-0.3, -0.25) is 0 Å². The van der Waals surface area contributed by atoms with Crippen molar-refractivity contribution in [2.75, 3.05) is 13.1 Å². The van der Waals surface area contributed by atoms with Gasteiger partial charge in [-0.2, -0.15) is 4.31 Å². The molecule has 154 valence electrons. The summed E-state index contributed by atoms with van der Waals surface area (Å²) in [5, 5.41) is 0. The van der Waals surface area contributed by atoms with Crippen molar-refractivity contribution in [2.24, 2.45) is 0 Å². The number of fused-ring (bicyclic) bond motifs is 1. The first kappa shape index (κ1) is 19.7. The van der Waals surface area contributed by atoms with Gasteiger partial charge in [0.05, 0.1) is 4.90 Å². The quantitative estimate of drug-likeness (QED) is 0.551. The van der Waals surface area contributed by atoms with E-state index < -0.39 is 10.0 Å². The lowest BCUT2D eigenvalue weighted by Crippen LogP contribution is -2.28. The van der Waals surface area contributed by atoms with E-state index in [4.69, 9.17) is 0 Å². The second kappa shape index (κ2) is 7.80. The summed E-state index contributed by atoms with van der Waals surface area (Å²) in [5.74, 6) is 0. The number of allylic oxidation sites excluding steroid dienone is 2. The summed E-state index contributed by atoms with van der Waals surface area (Å²) in [6.07, 6.45) is 6.33. The Morgan fingerprint density at radius 2 is 1.52 bits per heavy atom. The molecular weight excluding hydrogens is 402 g/mol. The minimum absolute atomic E-state index is 0.339. The summed E-state index contributed by atoms with van der Waals surface area (Å²) in [5.41, 5.74) is 7.66. The molecule has 1 fully saturated rings. The van der Waals surface area contributed by atoms with Crippen LogP contribution < -0.4 is 0 Å².